The molecule has 42 heavy (non-hydrogen) atoms. The van der Waals surface area contributed by atoms with Crippen molar-refractivity contribution in [3.05, 3.63) is 95.0 Å². The molecule has 1 N–H and O–H groups in total. The normalized spacial score (nSPS) is 12.7. The number of nitrogens with one attached hydrogen (secondary N) is 1. The predicted octanol–water partition coefficient (Wildman–Crippen LogP) is 5.45. The number of hydrogen-bond acceptors (Lipinski definition) is 5. The Morgan fingerprint density at radius 1 is 0.976 bits per heavy atom. The Balaban J connectivity index is 1.90. The molecule has 0 radical (unpaired) electrons. The fourth-order valence-electron chi connectivity index (χ4n) is 4.57. The Hall–Kier alpha value is -3.56. The summed E-state index contributed by atoms with van der Waals surface area (Å²) in [6.07, 6.45) is 2.52. The first-order valence-corrected chi connectivity index (χ1v) is 16.2. The van der Waals surface area contributed by atoms with Crippen molar-refractivity contribution in [3.63, 3.8) is 0 Å². The molecule has 2 atom stereocenters. The molecule has 3 rings (SSSR count). The molecule has 10 heteroatoms. The molecule has 3 aromatic carbocycles. The Bertz CT molecular complexity index is 1420. The van der Waals surface area contributed by atoms with Gasteiger partial charge in [-0.25, -0.2) is 8.42 Å². The zero-order chi connectivity index (χ0) is 30.7. The van der Waals surface area contributed by atoms with Crippen molar-refractivity contribution in [2.45, 2.75) is 58.2 Å². The van der Waals surface area contributed by atoms with Crippen LogP contribution in [0.3, 0.4) is 0 Å². The van der Waals surface area contributed by atoms with Gasteiger partial charge in [-0.2, -0.15) is 0 Å². The summed E-state index contributed by atoms with van der Waals surface area (Å²) < 4.78 is 31.8. The van der Waals surface area contributed by atoms with Gasteiger partial charge in [0, 0.05) is 37.0 Å². The summed E-state index contributed by atoms with van der Waals surface area (Å²) in [6, 6.07) is 22.7. The molecule has 0 fully saturated rings. The molecule has 3 aromatic rings. The monoisotopic (exact) mass is 613 g/mol. The molecular formula is C32H40ClN3O5S. The summed E-state index contributed by atoms with van der Waals surface area (Å²) in [6.45, 7) is 4.21. The van der Waals surface area contributed by atoms with Gasteiger partial charge in [-0.3, -0.25) is 13.9 Å². The molecule has 226 valence electrons. The third-order valence-corrected chi connectivity index (χ3v) is 8.47. The van der Waals surface area contributed by atoms with Gasteiger partial charge in [0.15, 0.2) is 0 Å². The lowest BCUT2D eigenvalue weighted by Gasteiger charge is -2.33. The van der Waals surface area contributed by atoms with Gasteiger partial charge in [-0.05, 0) is 67.3 Å². The second-order valence-corrected chi connectivity index (χ2v) is 12.7. The first-order chi connectivity index (χ1) is 20.0. The number of halogens is 1. The number of nitrogens with zero attached hydrogens (tertiary/aromatic N) is 2. The van der Waals surface area contributed by atoms with Crippen molar-refractivity contribution in [1.29, 1.82) is 0 Å². The highest BCUT2D eigenvalue weighted by Gasteiger charge is 2.31. The minimum Gasteiger partial charge on any atom is -0.497 e. The lowest BCUT2D eigenvalue weighted by molar-refractivity contribution is -0.141. The number of hydrogen-bond donors (Lipinski definition) is 1. The van der Waals surface area contributed by atoms with Crippen molar-refractivity contribution in [3.8, 4) is 5.75 Å². The molecule has 0 aliphatic carbocycles. The van der Waals surface area contributed by atoms with Crippen LogP contribution in [-0.2, 0) is 32.6 Å². The van der Waals surface area contributed by atoms with Gasteiger partial charge >= 0.3 is 0 Å². The lowest BCUT2D eigenvalue weighted by atomic mass is 10.0. The van der Waals surface area contributed by atoms with Crippen LogP contribution in [0.15, 0.2) is 78.9 Å². The highest BCUT2D eigenvalue weighted by atomic mass is 35.5. The van der Waals surface area contributed by atoms with E-state index in [2.05, 4.69) is 5.32 Å². The van der Waals surface area contributed by atoms with Crippen LogP contribution in [0.1, 0.15) is 44.2 Å². The van der Waals surface area contributed by atoms with E-state index in [1.165, 1.54) is 4.31 Å². The first-order valence-electron chi connectivity index (χ1n) is 14.0. The number of amides is 2. The number of carbonyl (C=O) groups is 2. The molecule has 0 saturated carbocycles. The van der Waals surface area contributed by atoms with E-state index in [1.54, 1.807) is 36.3 Å². The maximum Gasteiger partial charge on any atom is 0.243 e. The van der Waals surface area contributed by atoms with Crippen LogP contribution < -0.4 is 14.4 Å². The number of rotatable bonds is 15. The van der Waals surface area contributed by atoms with Crippen molar-refractivity contribution in [1.82, 2.24) is 10.2 Å². The van der Waals surface area contributed by atoms with Crippen LogP contribution in [0.25, 0.3) is 0 Å². The van der Waals surface area contributed by atoms with E-state index in [0.29, 0.717) is 22.9 Å². The third kappa shape index (κ3) is 9.77. The SMILES string of the molecule is CC[C@H](C)NC(=O)[C@H](Cc1ccccc1)N(Cc1cccc(OC)c1)C(=O)CCCN(c1ccc(Cl)cc1)S(C)(=O)=O. The second-order valence-electron chi connectivity index (χ2n) is 10.3. The first kappa shape index (κ1) is 32.9. The van der Waals surface area contributed by atoms with E-state index in [1.807, 2.05) is 68.4 Å². The fraction of sp³-hybridized carbons (Fsp3) is 0.375. The number of carbonyl (C=O) groups excluding carboxylic acids is 2. The zero-order valence-electron chi connectivity index (χ0n) is 24.6. The Morgan fingerprint density at radius 3 is 2.26 bits per heavy atom. The van der Waals surface area contributed by atoms with Gasteiger partial charge in [-0.1, -0.05) is 61.0 Å². The summed E-state index contributed by atoms with van der Waals surface area (Å²) in [4.78, 5) is 29.2. The van der Waals surface area contributed by atoms with Crippen LogP contribution in [0.4, 0.5) is 5.69 Å². The highest BCUT2D eigenvalue weighted by Crippen LogP contribution is 2.23. The maximum atomic E-state index is 13.9. The number of ether oxygens (including phenoxy) is 1. The van der Waals surface area contributed by atoms with E-state index in [-0.39, 0.29) is 43.8 Å². The summed E-state index contributed by atoms with van der Waals surface area (Å²) in [7, 11) is -2.03. The second kappa shape index (κ2) is 15.6. The summed E-state index contributed by atoms with van der Waals surface area (Å²) in [5.74, 6) is 0.168. The molecule has 0 aliphatic heterocycles. The molecule has 8 nitrogen and oxygen atoms in total. The van der Waals surface area contributed by atoms with Gasteiger partial charge < -0.3 is 15.0 Å². The van der Waals surface area contributed by atoms with Crippen LogP contribution in [0, 0.1) is 0 Å². The average Bonchev–Trinajstić information content (AvgIpc) is 2.97. The highest BCUT2D eigenvalue weighted by molar-refractivity contribution is 7.92. The van der Waals surface area contributed by atoms with Gasteiger partial charge in [0.2, 0.25) is 21.8 Å². The largest absolute Gasteiger partial charge is 0.497 e. The molecule has 0 spiro atoms. The van der Waals surface area contributed by atoms with E-state index in [0.717, 1.165) is 23.8 Å². The molecule has 0 aromatic heterocycles. The van der Waals surface area contributed by atoms with E-state index in [4.69, 9.17) is 16.3 Å². The Kier molecular flexibility index (Phi) is 12.2. The van der Waals surface area contributed by atoms with E-state index in [9.17, 15) is 18.0 Å². The van der Waals surface area contributed by atoms with Crippen LogP contribution >= 0.6 is 11.6 Å². The van der Waals surface area contributed by atoms with Gasteiger partial charge in [0.25, 0.3) is 0 Å². The number of benzene rings is 3. The zero-order valence-corrected chi connectivity index (χ0v) is 26.2. The Labute approximate surface area is 254 Å². The smallest absolute Gasteiger partial charge is 0.243 e. The quantitative estimate of drug-likeness (QED) is 0.246. The number of methoxy groups -OCH3 is 1. The molecular weight excluding hydrogens is 574 g/mol. The predicted molar refractivity (Wildman–Crippen MR) is 168 cm³/mol. The average molecular weight is 614 g/mol. The number of anilines is 1. The summed E-state index contributed by atoms with van der Waals surface area (Å²) >= 11 is 5.99. The van der Waals surface area contributed by atoms with E-state index < -0.39 is 16.1 Å². The molecule has 0 saturated heterocycles. The van der Waals surface area contributed by atoms with Crippen molar-refractivity contribution >= 4 is 39.1 Å². The minimum absolute atomic E-state index is 0.0471. The number of sulfonamides is 1. The third-order valence-electron chi connectivity index (χ3n) is 7.03. The summed E-state index contributed by atoms with van der Waals surface area (Å²) in [5, 5.41) is 3.55. The molecule has 0 aliphatic rings. The van der Waals surface area contributed by atoms with Crippen LogP contribution in [-0.4, -0.2) is 57.1 Å². The Morgan fingerprint density at radius 2 is 1.64 bits per heavy atom. The maximum absolute atomic E-state index is 13.9. The molecule has 0 heterocycles. The fourth-order valence-corrected chi connectivity index (χ4v) is 5.67. The van der Waals surface area contributed by atoms with Gasteiger partial charge in [0.05, 0.1) is 19.1 Å². The van der Waals surface area contributed by atoms with Crippen molar-refractivity contribution in [2.75, 3.05) is 24.2 Å². The van der Waals surface area contributed by atoms with Crippen LogP contribution in [0.2, 0.25) is 5.02 Å². The van der Waals surface area contributed by atoms with Crippen molar-refractivity contribution < 1.29 is 22.7 Å². The minimum atomic E-state index is -3.60. The van der Waals surface area contributed by atoms with Crippen LogP contribution in [0.5, 0.6) is 5.75 Å². The van der Waals surface area contributed by atoms with E-state index >= 15 is 0 Å². The lowest BCUT2D eigenvalue weighted by Crippen LogP contribution is -2.52. The van der Waals surface area contributed by atoms with Gasteiger partial charge in [-0.15, -0.1) is 0 Å². The summed E-state index contributed by atoms with van der Waals surface area (Å²) in [5.41, 5.74) is 2.21. The molecule has 0 bridgehead atoms. The molecule has 2 amide bonds. The topological polar surface area (TPSA) is 96.0 Å². The van der Waals surface area contributed by atoms with Gasteiger partial charge in [0.1, 0.15) is 11.8 Å². The molecule has 0 unspecified atom stereocenters. The van der Waals surface area contributed by atoms with Crippen molar-refractivity contribution in [2.24, 2.45) is 0 Å². The standard InChI is InChI=1S/C32H40ClN3O5S/c1-5-24(2)34-32(38)30(22-25-11-7-6-8-12-25)35(23-26-13-9-14-29(21-26)41-3)31(37)15-10-20-36(42(4,39)40)28-18-16-27(33)17-19-28/h6-9,11-14,16-19,21,24,30H,5,10,15,20,22-23H2,1-4H3,(H,34,38)/t24-,30-/m0/s1.